The summed E-state index contributed by atoms with van der Waals surface area (Å²) in [6.07, 6.45) is -0.694. The van der Waals surface area contributed by atoms with Gasteiger partial charge >= 0.3 is 12.1 Å². The summed E-state index contributed by atoms with van der Waals surface area (Å²) in [6, 6.07) is 16.3. The molecule has 7 heteroatoms. The lowest BCUT2D eigenvalue weighted by molar-refractivity contribution is -0.137. The second kappa shape index (κ2) is 6.82. The van der Waals surface area contributed by atoms with Crippen LogP contribution in [0.5, 0.6) is 0 Å². The molecule has 0 unspecified atom stereocenters. The largest absolute Gasteiger partial charge is 0.480 e. The number of nitrogens with zero attached hydrogens (tertiary/aromatic N) is 2. The fourth-order valence-corrected chi connectivity index (χ4v) is 2.32. The minimum absolute atomic E-state index is 0.117. The number of anilines is 1. The molecule has 0 fully saturated rings. The van der Waals surface area contributed by atoms with Crippen LogP contribution in [0, 0.1) is 0 Å². The molecule has 24 heavy (non-hydrogen) atoms. The quantitative estimate of drug-likeness (QED) is 0.752. The number of carboxylic acid groups (broad SMARTS) is 1. The molecule has 0 atom stereocenters. The van der Waals surface area contributed by atoms with Gasteiger partial charge in [0.15, 0.2) is 0 Å². The van der Waals surface area contributed by atoms with Crippen molar-refractivity contribution in [1.29, 1.82) is 0 Å². The number of imidazole rings is 1. The van der Waals surface area contributed by atoms with E-state index in [1.807, 2.05) is 30.3 Å². The van der Waals surface area contributed by atoms with Crippen LogP contribution in [-0.4, -0.2) is 26.7 Å². The second-order valence-corrected chi connectivity index (χ2v) is 5.09. The summed E-state index contributed by atoms with van der Waals surface area (Å²) in [7, 11) is 0. The molecule has 0 saturated heterocycles. The van der Waals surface area contributed by atoms with Gasteiger partial charge in [0.05, 0.1) is 11.0 Å². The Kier molecular flexibility index (Phi) is 4.42. The van der Waals surface area contributed by atoms with Crippen molar-refractivity contribution in [2.45, 2.75) is 13.2 Å². The van der Waals surface area contributed by atoms with Gasteiger partial charge in [0.1, 0.15) is 13.2 Å². The number of aliphatic carboxylic acids is 1. The molecule has 0 aliphatic heterocycles. The summed E-state index contributed by atoms with van der Waals surface area (Å²) in [5.74, 6) is -0.893. The molecule has 0 radical (unpaired) electrons. The van der Waals surface area contributed by atoms with Gasteiger partial charge in [-0.3, -0.25) is 14.7 Å². The molecule has 2 aromatic carbocycles. The van der Waals surface area contributed by atoms with E-state index in [1.165, 1.54) is 4.57 Å². The number of hydrogen-bond donors (Lipinski definition) is 2. The smallest absolute Gasteiger partial charge is 0.414 e. The van der Waals surface area contributed by atoms with Crippen molar-refractivity contribution >= 4 is 29.0 Å². The number of benzene rings is 2. The lowest BCUT2D eigenvalue weighted by Gasteiger charge is -2.08. The molecule has 0 bridgehead atoms. The molecule has 7 nitrogen and oxygen atoms in total. The maximum Gasteiger partial charge on any atom is 0.414 e. The van der Waals surface area contributed by atoms with Gasteiger partial charge in [-0.1, -0.05) is 42.5 Å². The van der Waals surface area contributed by atoms with Crippen molar-refractivity contribution in [2.24, 2.45) is 0 Å². The summed E-state index contributed by atoms with van der Waals surface area (Å²) in [6.45, 7) is -0.194. The van der Waals surface area contributed by atoms with Crippen LogP contribution in [0.15, 0.2) is 54.6 Å². The van der Waals surface area contributed by atoms with Gasteiger partial charge in [-0.25, -0.2) is 9.78 Å². The summed E-state index contributed by atoms with van der Waals surface area (Å²) >= 11 is 0. The minimum Gasteiger partial charge on any atom is -0.480 e. The standard InChI is InChI=1S/C17H15N3O4/c21-15(22)10-20-14-9-5-4-8-13(14)18-16(20)19-17(23)24-11-12-6-2-1-3-7-12/h1-9H,10-11H2,(H,21,22)(H,18,19,23). The molecule has 1 aromatic heterocycles. The van der Waals surface area contributed by atoms with Crippen LogP contribution in [0.3, 0.4) is 0 Å². The molecule has 0 saturated carbocycles. The first kappa shape index (κ1) is 15.5. The van der Waals surface area contributed by atoms with Crippen LogP contribution in [0.25, 0.3) is 11.0 Å². The number of fused-ring (bicyclic) bond motifs is 1. The first-order valence-corrected chi connectivity index (χ1v) is 7.28. The van der Waals surface area contributed by atoms with E-state index in [0.717, 1.165) is 5.56 Å². The van der Waals surface area contributed by atoms with Crippen LogP contribution in [0.2, 0.25) is 0 Å². The summed E-state index contributed by atoms with van der Waals surface area (Å²) in [4.78, 5) is 27.3. The average molecular weight is 325 g/mol. The lowest BCUT2D eigenvalue weighted by Crippen LogP contribution is -2.19. The van der Waals surface area contributed by atoms with E-state index in [1.54, 1.807) is 24.3 Å². The summed E-state index contributed by atoms with van der Waals surface area (Å²) < 4.78 is 6.56. The third-order valence-corrected chi connectivity index (χ3v) is 3.37. The Hall–Kier alpha value is -3.35. The van der Waals surface area contributed by atoms with Crippen molar-refractivity contribution in [3.8, 4) is 0 Å². The first-order valence-electron chi connectivity index (χ1n) is 7.28. The molecule has 122 valence electrons. The topological polar surface area (TPSA) is 93.5 Å². The van der Waals surface area contributed by atoms with Crippen LogP contribution < -0.4 is 5.32 Å². The molecule has 0 aliphatic carbocycles. The number of para-hydroxylation sites is 2. The number of carboxylic acids is 1. The Morgan fingerprint density at radius 2 is 1.79 bits per heavy atom. The molecule has 3 rings (SSSR count). The normalized spacial score (nSPS) is 10.5. The van der Waals surface area contributed by atoms with Gasteiger partial charge in [-0.05, 0) is 17.7 Å². The third-order valence-electron chi connectivity index (χ3n) is 3.37. The molecular weight excluding hydrogens is 310 g/mol. The number of carbonyl (C=O) groups is 2. The van der Waals surface area contributed by atoms with Gasteiger partial charge in [-0.15, -0.1) is 0 Å². The second-order valence-electron chi connectivity index (χ2n) is 5.09. The van der Waals surface area contributed by atoms with Gasteiger partial charge in [-0.2, -0.15) is 0 Å². The first-order chi connectivity index (χ1) is 11.6. The van der Waals surface area contributed by atoms with Crippen LogP contribution in [0.4, 0.5) is 10.7 Å². The highest BCUT2D eigenvalue weighted by molar-refractivity contribution is 5.88. The number of nitrogens with one attached hydrogen (secondary N) is 1. The Labute approximate surface area is 137 Å². The van der Waals surface area contributed by atoms with Crippen molar-refractivity contribution in [1.82, 2.24) is 9.55 Å². The fourth-order valence-electron chi connectivity index (χ4n) is 2.32. The molecule has 0 aliphatic rings. The maximum absolute atomic E-state index is 12.0. The van der Waals surface area contributed by atoms with Crippen LogP contribution in [-0.2, 0) is 22.7 Å². The van der Waals surface area contributed by atoms with Gasteiger partial charge < -0.3 is 9.84 Å². The Bertz CT molecular complexity index is 874. The number of amides is 1. The van der Waals surface area contributed by atoms with Crippen molar-refractivity contribution in [3.05, 3.63) is 60.2 Å². The molecule has 1 amide bonds. The zero-order valence-electron chi connectivity index (χ0n) is 12.7. The zero-order valence-corrected chi connectivity index (χ0v) is 12.7. The maximum atomic E-state index is 12.0. The highest BCUT2D eigenvalue weighted by atomic mass is 16.5. The van der Waals surface area contributed by atoms with E-state index in [0.29, 0.717) is 11.0 Å². The summed E-state index contributed by atoms with van der Waals surface area (Å²) in [5, 5.41) is 11.6. The Morgan fingerprint density at radius 3 is 2.54 bits per heavy atom. The Balaban J connectivity index is 1.76. The van der Waals surface area contributed by atoms with E-state index in [2.05, 4.69) is 10.3 Å². The highest BCUT2D eigenvalue weighted by Crippen LogP contribution is 2.19. The highest BCUT2D eigenvalue weighted by Gasteiger charge is 2.15. The van der Waals surface area contributed by atoms with Gasteiger partial charge in [0.2, 0.25) is 5.95 Å². The van der Waals surface area contributed by atoms with E-state index >= 15 is 0 Å². The molecule has 3 aromatic rings. The zero-order chi connectivity index (χ0) is 16.9. The van der Waals surface area contributed by atoms with Gasteiger partial charge in [0, 0.05) is 0 Å². The van der Waals surface area contributed by atoms with Crippen molar-refractivity contribution < 1.29 is 19.4 Å². The SMILES string of the molecule is O=C(O)Cn1c(NC(=O)OCc2ccccc2)nc2ccccc21. The van der Waals surface area contributed by atoms with Crippen LogP contribution >= 0.6 is 0 Å². The number of hydrogen-bond acceptors (Lipinski definition) is 4. The molecule has 2 N–H and O–H groups in total. The number of rotatable bonds is 5. The van der Waals surface area contributed by atoms with E-state index in [4.69, 9.17) is 9.84 Å². The van der Waals surface area contributed by atoms with Gasteiger partial charge in [0.25, 0.3) is 0 Å². The summed E-state index contributed by atoms with van der Waals surface area (Å²) in [5.41, 5.74) is 2.07. The van der Waals surface area contributed by atoms with E-state index in [9.17, 15) is 9.59 Å². The van der Waals surface area contributed by atoms with Crippen molar-refractivity contribution in [3.63, 3.8) is 0 Å². The van der Waals surface area contributed by atoms with Crippen LogP contribution in [0.1, 0.15) is 5.56 Å². The molecule has 0 spiro atoms. The number of ether oxygens (including phenoxy) is 1. The number of aromatic nitrogens is 2. The van der Waals surface area contributed by atoms with Crippen molar-refractivity contribution in [2.75, 3.05) is 5.32 Å². The monoisotopic (exact) mass is 325 g/mol. The third kappa shape index (κ3) is 3.52. The van der Waals surface area contributed by atoms with E-state index in [-0.39, 0.29) is 19.1 Å². The minimum atomic E-state index is -1.03. The predicted molar refractivity (Wildman–Crippen MR) is 87.6 cm³/mol. The molecule has 1 heterocycles. The predicted octanol–water partition coefficient (Wildman–Crippen LogP) is 2.87. The lowest BCUT2D eigenvalue weighted by atomic mass is 10.2. The molecular formula is C17H15N3O4. The average Bonchev–Trinajstić information content (AvgIpc) is 2.91. The Morgan fingerprint density at radius 1 is 1.08 bits per heavy atom. The number of carbonyl (C=O) groups excluding carboxylic acids is 1. The van der Waals surface area contributed by atoms with E-state index < -0.39 is 12.1 Å². The fraction of sp³-hybridized carbons (Fsp3) is 0.118.